The summed E-state index contributed by atoms with van der Waals surface area (Å²) in [6.45, 7) is 10.5. The molecule has 16 heavy (non-hydrogen) atoms. The Bertz CT molecular complexity index is 211. The lowest BCUT2D eigenvalue weighted by Crippen LogP contribution is -2.29. The second kappa shape index (κ2) is 6.41. The lowest BCUT2D eigenvalue weighted by Gasteiger charge is -2.29. The first-order valence-corrected chi connectivity index (χ1v) is 6.53. The Hall–Kier alpha value is -0.340. The van der Waals surface area contributed by atoms with Crippen LogP contribution in [0.4, 0.5) is 0 Å². The minimum Gasteiger partial charge on any atom is -0.233 e. The monoisotopic (exact) mass is 226 g/mol. The van der Waals surface area contributed by atoms with Crippen LogP contribution >= 0.6 is 0 Å². The van der Waals surface area contributed by atoms with Crippen LogP contribution in [0.25, 0.3) is 0 Å². The fourth-order valence-electron chi connectivity index (χ4n) is 2.23. The molecule has 0 radical (unpaired) electrons. The molecule has 0 bridgehead atoms. The van der Waals surface area contributed by atoms with Crippen LogP contribution in [0.1, 0.15) is 59.3 Å². The topological polar surface area (TPSA) is 18.5 Å². The van der Waals surface area contributed by atoms with Gasteiger partial charge in [0.05, 0.1) is 6.10 Å². The van der Waals surface area contributed by atoms with E-state index >= 15 is 0 Å². The Morgan fingerprint density at radius 1 is 1.31 bits per heavy atom. The third-order valence-corrected chi connectivity index (χ3v) is 3.51. The maximum Gasteiger partial charge on any atom is 0.101 e. The van der Waals surface area contributed by atoms with Gasteiger partial charge in [-0.25, -0.2) is 9.78 Å². The van der Waals surface area contributed by atoms with Gasteiger partial charge in [-0.3, -0.25) is 0 Å². The summed E-state index contributed by atoms with van der Waals surface area (Å²) >= 11 is 0. The molecule has 1 aliphatic heterocycles. The molecule has 1 rings (SSSR count). The van der Waals surface area contributed by atoms with Crippen molar-refractivity contribution in [2.45, 2.75) is 71.5 Å². The average Bonchev–Trinajstić information content (AvgIpc) is 2.68. The van der Waals surface area contributed by atoms with Crippen molar-refractivity contribution >= 4 is 0 Å². The van der Waals surface area contributed by atoms with Gasteiger partial charge < -0.3 is 0 Å². The molecular weight excluding hydrogens is 200 g/mol. The molecule has 2 atom stereocenters. The molecule has 2 nitrogen and oxygen atoms in total. The smallest absolute Gasteiger partial charge is 0.101 e. The zero-order chi connectivity index (χ0) is 12.0. The van der Waals surface area contributed by atoms with E-state index < -0.39 is 0 Å². The van der Waals surface area contributed by atoms with Gasteiger partial charge in [0.1, 0.15) is 6.10 Å². The largest absolute Gasteiger partial charge is 0.233 e. The maximum atomic E-state index is 5.47. The first-order valence-electron chi connectivity index (χ1n) is 6.53. The SMILES string of the molecule is C=CCC1CC(C(C)(C)CCCCC)OO1. The Labute approximate surface area is 99.9 Å². The third kappa shape index (κ3) is 3.91. The molecule has 0 aromatic rings. The van der Waals surface area contributed by atoms with E-state index in [1.54, 1.807) is 0 Å². The van der Waals surface area contributed by atoms with Crippen molar-refractivity contribution < 1.29 is 9.78 Å². The standard InChI is InChI=1S/C14H26O2/c1-5-7-8-10-14(3,4)13-11-12(9-6-2)15-16-13/h6,12-13H,2,5,7-11H2,1,3-4H3. The highest BCUT2D eigenvalue weighted by Gasteiger charge is 2.37. The molecule has 0 aromatic heterocycles. The second-order valence-corrected chi connectivity index (χ2v) is 5.51. The second-order valence-electron chi connectivity index (χ2n) is 5.51. The Morgan fingerprint density at radius 2 is 2.06 bits per heavy atom. The van der Waals surface area contributed by atoms with Crippen molar-refractivity contribution in [2.75, 3.05) is 0 Å². The van der Waals surface area contributed by atoms with E-state index in [4.69, 9.17) is 9.78 Å². The minimum atomic E-state index is 0.216. The van der Waals surface area contributed by atoms with Crippen LogP contribution in [0.5, 0.6) is 0 Å². The van der Waals surface area contributed by atoms with Crippen LogP contribution in [0, 0.1) is 5.41 Å². The van der Waals surface area contributed by atoms with E-state index in [-0.39, 0.29) is 17.6 Å². The predicted octanol–water partition coefficient (Wildman–Crippen LogP) is 4.26. The third-order valence-electron chi connectivity index (χ3n) is 3.51. The van der Waals surface area contributed by atoms with E-state index in [0.717, 1.165) is 12.8 Å². The number of unbranched alkanes of at least 4 members (excludes halogenated alkanes) is 2. The highest BCUT2D eigenvalue weighted by atomic mass is 17.2. The van der Waals surface area contributed by atoms with E-state index in [0.29, 0.717) is 0 Å². The van der Waals surface area contributed by atoms with Gasteiger partial charge in [-0.2, -0.15) is 0 Å². The molecule has 94 valence electrons. The van der Waals surface area contributed by atoms with Crippen molar-refractivity contribution in [2.24, 2.45) is 5.41 Å². The first-order chi connectivity index (χ1) is 7.60. The van der Waals surface area contributed by atoms with Crippen molar-refractivity contribution in [1.29, 1.82) is 0 Å². The van der Waals surface area contributed by atoms with Gasteiger partial charge in [0, 0.05) is 6.42 Å². The van der Waals surface area contributed by atoms with E-state index in [2.05, 4.69) is 27.4 Å². The molecule has 0 aromatic carbocycles. The Balaban J connectivity index is 2.35. The van der Waals surface area contributed by atoms with Crippen molar-refractivity contribution in [3.8, 4) is 0 Å². The van der Waals surface area contributed by atoms with Crippen LogP contribution in [0.3, 0.4) is 0 Å². The van der Waals surface area contributed by atoms with Crippen LogP contribution in [0.2, 0.25) is 0 Å². The van der Waals surface area contributed by atoms with Crippen molar-refractivity contribution in [1.82, 2.24) is 0 Å². The van der Waals surface area contributed by atoms with Crippen LogP contribution in [0.15, 0.2) is 12.7 Å². The summed E-state index contributed by atoms with van der Waals surface area (Å²) in [6.07, 6.45) is 9.35. The fraction of sp³-hybridized carbons (Fsp3) is 0.857. The summed E-state index contributed by atoms with van der Waals surface area (Å²) in [5.41, 5.74) is 0.227. The number of rotatable bonds is 7. The zero-order valence-electron chi connectivity index (χ0n) is 11.0. The molecule has 2 unspecified atom stereocenters. The Kier molecular flexibility index (Phi) is 5.50. The molecule has 1 saturated heterocycles. The van der Waals surface area contributed by atoms with Gasteiger partial charge >= 0.3 is 0 Å². The molecule has 0 amide bonds. The fourth-order valence-corrected chi connectivity index (χ4v) is 2.23. The Morgan fingerprint density at radius 3 is 2.69 bits per heavy atom. The van der Waals surface area contributed by atoms with Gasteiger partial charge in [-0.05, 0) is 18.3 Å². The van der Waals surface area contributed by atoms with E-state index in [9.17, 15) is 0 Å². The van der Waals surface area contributed by atoms with Crippen LogP contribution < -0.4 is 0 Å². The molecule has 1 aliphatic rings. The molecule has 0 N–H and O–H groups in total. The van der Waals surface area contributed by atoms with Gasteiger partial charge in [0.25, 0.3) is 0 Å². The minimum absolute atomic E-state index is 0.216. The summed E-state index contributed by atoms with van der Waals surface area (Å²) in [4.78, 5) is 10.8. The molecule has 1 heterocycles. The summed E-state index contributed by atoms with van der Waals surface area (Å²) in [5, 5.41) is 0. The van der Waals surface area contributed by atoms with Gasteiger partial charge in [0.15, 0.2) is 0 Å². The van der Waals surface area contributed by atoms with E-state index in [1.165, 1.54) is 25.7 Å². The zero-order valence-corrected chi connectivity index (χ0v) is 11.0. The lowest BCUT2D eigenvalue weighted by molar-refractivity contribution is -0.310. The van der Waals surface area contributed by atoms with E-state index in [1.807, 2.05) is 6.08 Å². The molecule has 0 saturated carbocycles. The first kappa shape index (κ1) is 13.7. The summed E-state index contributed by atoms with van der Waals surface area (Å²) in [7, 11) is 0. The van der Waals surface area contributed by atoms with Gasteiger partial charge in [0.2, 0.25) is 0 Å². The quantitative estimate of drug-likeness (QED) is 0.367. The highest BCUT2D eigenvalue weighted by Crippen LogP contribution is 2.37. The highest BCUT2D eigenvalue weighted by molar-refractivity contribution is 4.85. The molecule has 0 spiro atoms. The molecule has 1 fully saturated rings. The van der Waals surface area contributed by atoms with Gasteiger partial charge in [-0.1, -0.05) is 46.1 Å². The number of hydrogen-bond acceptors (Lipinski definition) is 2. The number of hydrogen-bond donors (Lipinski definition) is 0. The summed E-state index contributed by atoms with van der Waals surface area (Å²) in [5.74, 6) is 0. The molecular formula is C14H26O2. The summed E-state index contributed by atoms with van der Waals surface area (Å²) < 4.78 is 0. The maximum absolute atomic E-state index is 5.47. The lowest BCUT2D eigenvalue weighted by atomic mass is 9.79. The van der Waals surface area contributed by atoms with Crippen molar-refractivity contribution in [3.63, 3.8) is 0 Å². The van der Waals surface area contributed by atoms with Crippen LogP contribution in [-0.4, -0.2) is 12.2 Å². The molecule has 0 aliphatic carbocycles. The van der Waals surface area contributed by atoms with Crippen LogP contribution in [-0.2, 0) is 9.78 Å². The molecule has 2 heteroatoms. The van der Waals surface area contributed by atoms with Gasteiger partial charge in [-0.15, -0.1) is 6.58 Å². The average molecular weight is 226 g/mol. The summed E-state index contributed by atoms with van der Waals surface area (Å²) in [6, 6.07) is 0. The predicted molar refractivity (Wildman–Crippen MR) is 67.1 cm³/mol. The normalized spacial score (nSPS) is 25.9. The van der Waals surface area contributed by atoms with Crippen molar-refractivity contribution in [3.05, 3.63) is 12.7 Å².